The second-order valence-corrected chi connectivity index (χ2v) is 8.82. The fourth-order valence-electron chi connectivity index (χ4n) is 4.89. The summed E-state index contributed by atoms with van der Waals surface area (Å²) in [6.07, 6.45) is -5.59. The van der Waals surface area contributed by atoms with E-state index in [-0.39, 0.29) is 31.3 Å². The van der Waals surface area contributed by atoms with E-state index in [0.29, 0.717) is 50.5 Å². The number of hydrogen-bond acceptors (Lipinski definition) is 11. The summed E-state index contributed by atoms with van der Waals surface area (Å²) >= 11 is 0. The van der Waals surface area contributed by atoms with E-state index in [0.717, 1.165) is 0 Å². The summed E-state index contributed by atoms with van der Waals surface area (Å²) < 4.78 is 39.1. The molecule has 11 nitrogen and oxygen atoms in total. The van der Waals surface area contributed by atoms with E-state index in [1.54, 1.807) is 24.3 Å². The quantitative estimate of drug-likeness (QED) is 0.430. The van der Waals surface area contributed by atoms with Crippen molar-refractivity contribution in [2.24, 2.45) is 0 Å². The Labute approximate surface area is 210 Å². The maximum absolute atomic E-state index is 13.1. The van der Waals surface area contributed by atoms with E-state index < -0.39 is 30.6 Å². The number of rotatable bonds is 5. The third-order valence-corrected chi connectivity index (χ3v) is 6.76. The van der Waals surface area contributed by atoms with E-state index in [1.165, 1.54) is 14.2 Å². The topological polar surface area (TPSA) is 142 Å². The summed E-state index contributed by atoms with van der Waals surface area (Å²) in [5.74, 6) is 1.62. The molecule has 3 heterocycles. The number of aliphatic hydroxyl groups is 3. The lowest BCUT2D eigenvalue weighted by atomic mass is 9.89. The number of hydrogen-bond donors (Lipinski definition) is 3. The van der Waals surface area contributed by atoms with Crippen molar-refractivity contribution in [3.63, 3.8) is 0 Å². The number of fused-ring (bicyclic) bond motifs is 3. The van der Waals surface area contributed by atoms with Crippen molar-refractivity contribution in [3.05, 3.63) is 41.5 Å². The molecule has 1 fully saturated rings. The molecule has 0 radical (unpaired) electrons. The molecule has 3 aromatic carbocycles. The zero-order chi connectivity index (χ0) is 25.8. The van der Waals surface area contributed by atoms with E-state index in [9.17, 15) is 20.1 Å². The molecule has 0 saturated carbocycles. The van der Waals surface area contributed by atoms with Gasteiger partial charge in [0, 0.05) is 16.5 Å². The number of aliphatic hydroxyl groups excluding tert-OH is 3. The van der Waals surface area contributed by atoms with Crippen LogP contribution in [-0.4, -0.2) is 73.5 Å². The maximum atomic E-state index is 13.1. The first kappa shape index (κ1) is 23.6. The Bertz CT molecular complexity index is 1400. The summed E-state index contributed by atoms with van der Waals surface area (Å²) in [6.45, 7) is -0.230. The summed E-state index contributed by atoms with van der Waals surface area (Å²) in [6, 6.07) is 8.79. The molecule has 3 N–H and O–H groups in total. The van der Waals surface area contributed by atoms with Crippen LogP contribution in [0.1, 0.15) is 15.9 Å². The van der Waals surface area contributed by atoms with Gasteiger partial charge in [-0.2, -0.15) is 0 Å². The molecule has 194 valence electrons. The molecule has 0 spiro atoms. The van der Waals surface area contributed by atoms with Gasteiger partial charge >= 0.3 is 5.97 Å². The summed E-state index contributed by atoms with van der Waals surface area (Å²) in [4.78, 5) is 13.1. The van der Waals surface area contributed by atoms with Gasteiger partial charge in [-0.15, -0.1) is 0 Å². The third-order valence-electron chi connectivity index (χ3n) is 6.76. The van der Waals surface area contributed by atoms with Crippen molar-refractivity contribution in [2.75, 3.05) is 27.6 Å². The third kappa shape index (κ3) is 3.70. The van der Waals surface area contributed by atoms with Gasteiger partial charge in [0.25, 0.3) is 0 Å². The fraction of sp³-hybridized carbons (Fsp3) is 0.346. The first-order chi connectivity index (χ1) is 17.9. The highest BCUT2D eigenvalue weighted by Crippen LogP contribution is 2.49. The Hall–Kier alpha value is -3.77. The molecule has 3 aliphatic rings. The summed E-state index contributed by atoms with van der Waals surface area (Å²) in [5, 5.41) is 31.6. The van der Waals surface area contributed by atoms with Crippen LogP contribution in [0.2, 0.25) is 0 Å². The Morgan fingerprint density at radius 2 is 1.59 bits per heavy atom. The minimum atomic E-state index is -1.54. The molecule has 37 heavy (non-hydrogen) atoms. The number of esters is 1. The molecule has 0 amide bonds. The highest BCUT2D eigenvalue weighted by molar-refractivity contribution is 6.14. The van der Waals surface area contributed by atoms with Crippen molar-refractivity contribution in [1.29, 1.82) is 0 Å². The van der Waals surface area contributed by atoms with Crippen LogP contribution in [0.3, 0.4) is 0 Å². The molecule has 4 atom stereocenters. The largest absolute Gasteiger partial charge is 0.493 e. The van der Waals surface area contributed by atoms with Gasteiger partial charge in [-0.1, -0.05) is 6.07 Å². The molecule has 0 unspecified atom stereocenters. The molecule has 0 bridgehead atoms. The Morgan fingerprint density at radius 1 is 0.865 bits per heavy atom. The average Bonchev–Trinajstić information content (AvgIpc) is 3.54. The summed E-state index contributed by atoms with van der Waals surface area (Å²) in [7, 11) is 3.00. The van der Waals surface area contributed by atoms with Crippen LogP contribution in [-0.2, 0) is 16.1 Å². The van der Waals surface area contributed by atoms with E-state index >= 15 is 0 Å². The van der Waals surface area contributed by atoms with Crippen LogP contribution < -0.4 is 23.7 Å². The van der Waals surface area contributed by atoms with E-state index in [2.05, 4.69) is 0 Å². The smallest absolute Gasteiger partial charge is 0.339 e. The van der Waals surface area contributed by atoms with Gasteiger partial charge in [0.05, 0.1) is 26.4 Å². The van der Waals surface area contributed by atoms with Gasteiger partial charge < -0.3 is 48.5 Å². The van der Waals surface area contributed by atoms with Crippen molar-refractivity contribution in [3.8, 4) is 39.9 Å². The lowest BCUT2D eigenvalue weighted by Crippen LogP contribution is -2.54. The lowest BCUT2D eigenvalue weighted by molar-refractivity contribution is -0.241. The van der Waals surface area contributed by atoms with Crippen molar-refractivity contribution in [1.82, 2.24) is 0 Å². The SMILES string of the molecule is COc1cc2c(O[C@@H]3OC[C@@H](O)[C@H](O)[C@H]3O)c3c(c(-c4ccc5c(c4)OCO5)c2cc1OC)C(=O)OC3. The highest BCUT2D eigenvalue weighted by Gasteiger charge is 2.41. The zero-order valence-corrected chi connectivity index (χ0v) is 19.9. The van der Waals surface area contributed by atoms with Crippen molar-refractivity contribution < 1.29 is 53.3 Å². The number of carbonyl (C=O) groups excluding carboxylic acids is 1. The van der Waals surface area contributed by atoms with Crippen LogP contribution in [0.5, 0.6) is 28.7 Å². The van der Waals surface area contributed by atoms with Crippen LogP contribution in [0.4, 0.5) is 0 Å². The van der Waals surface area contributed by atoms with Gasteiger partial charge in [0.15, 0.2) is 23.0 Å². The molecule has 11 heteroatoms. The normalized spacial score (nSPS) is 24.1. The first-order valence-corrected chi connectivity index (χ1v) is 11.6. The zero-order valence-electron chi connectivity index (χ0n) is 19.9. The standard InChI is InChI=1S/C26H24O11/c1-31-17-6-12-13(7-18(17)32-2)24(37-26-23(29)22(28)15(27)9-34-26)14-8-33-25(30)21(14)20(12)11-3-4-16-19(5-11)36-10-35-16/h3-7,15,22-23,26-29H,8-10H2,1-2H3/t15-,22+,23-,26+/m1/s1. The molecule has 3 aliphatic heterocycles. The average molecular weight is 512 g/mol. The van der Waals surface area contributed by atoms with Crippen LogP contribution >= 0.6 is 0 Å². The van der Waals surface area contributed by atoms with Gasteiger partial charge in [0.2, 0.25) is 13.1 Å². The van der Waals surface area contributed by atoms with E-state index in [4.69, 9.17) is 33.2 Å². The monoisotopic (exact) mass is 512 g/mol. The Balaban J connectivity index is 1.61. The Kier molecular flexibility index (Phi) is 5.72. The highest BCUT2D eigenvalue weighted by atomic mass is 16.7. The van der Waals surface area contributed by atoms with Gasteiger partial charge in [-0.25, -0.2) is 4.79 Å². The number of cyclic esters (lactones) is 1. The predicted octanol–water partition coefficient (Wildman–Crippen LogP) is 1.74. The summed E-state index contributed by atoms with van der Waals surface area (Å²) in [5.41, 5.74) is 1.96. The first-order valence-electron chi connectivity index (χ1n) is 11.6. The number of carbonyl (C=O) groups is 1. The Morgan fingerprint density at radius 3 is 2.35 bits per heavy atom. The lowest BCUT2D eigenvalue weighted by Gasteiger charge is -2.35. The van der Waals surface area contributed by atoms with Crippen molar-refractivity contribution in [2.45, 2.75) is 31.2 Å². The number of methoxy groups -OCH3 is 2. The second kappa shape index (κ2) is 8.96. The van der Waals surface area contributed by atoms with Crippen LogP contribution in [0, 0.1) is 0 Å². The van der Waals surface area contributed by atoms with Crippen LogP contribution in [0.25, 0.3) is 21.9 Å². The second-order valence-electron chi connectivity index (χ2n) is 8.82. The minimum Gasteiger partial charge on any atom is -0.493 e. The van der Waals surface area contributed by atoms with E-state index in [1.807, 2.05) is 6.07 Å². The van der Waals surface area contributed by atoms with Gasteiger partial charge in [-0.3, -0.25) is 0 Å². The number of benzene rings is 3. The molecular formula is C26H24O11. The molecule has 3 aromatic rings. The fourth-order valence-corrected chi connectivity index (χ4v) is 4.89. The maximum Gasteiger partial charge on any atom is 0.339 e. The molecular weight excluding hydrogens is 488 g/mol. The molecule has 0 aromatic heterocycles. The van der Waals surface area contributed by atoms with Gasteiger partial charge in [0.1, 0.15) is 30.7 Å². The molecule has 0 aliphatic carbocycles. The molecule has 1 saturated heterocycles. The molecule has 6 rings (SSSR count). The number of ether oxygens (including phenoxy) is 7. The predicted molar refractivity (Wildman–Crippen MR) is 126 cm³/mol. The van der Waals surface area contributed by atoms with Gasteiger partial charge in [-0.05, 0) is 35.2 Å². The minimum absolute atomic E-state index is 0.0840. The van der Waals surface area contributed by atoms with Crippen LogP contribution in [0.15, 0.2) is 30.3 Å². The van der Waals surface area contributed by atoms with Crippen molar-refractivity contribution >= 4 is 16.7 Å².